The lowest BCUT2D eigenvalue weighted by atomic mass is 9.89. The molecule has 2 fully saturated rings. The fourth-order valence-corrected chi connectivity index (χ4v) is 4.14. The number of aromatic nitrogens is 3. The number of anilines is 1. The molecule has 0 saturated carbocycles. The summed E-state index contributed by atoms with van der Waals surface area (Å²) >= 11 is 12.3. The van der Waals surface area contributed by atoms with Crippen LogP contribution in [0.3, 0.4) is 0 Å². The summed E-state index contributed by atoms with van der Waals surface area (Å²) in [6, 6.07) is 1.81. The van der Waals surface area contributed by atoms with Crippen LogP contribution in [0.2, 0.25) is 10.2 Å². The van der Waals surface area contributed by atoms with Gasteiger partial charge in [0, 0.05) is 31.5 Å². The van der Waals surface area contributed by atoms with E-state index in [1.807, 2.05) is 19.2 Å². The van der Waals surface area contributed by atoms with Crippen molar-refractivity contribution in [2.45, 2.75) is 38.2 Å². The molecule has 0 unspecified atom stereocenters. The van der Waals surface area contributed by atoms with E-state index in [2.05, 4.69) is 14.9 Å². The Morgan fingerprint density at radius 3 is 2.64 bits per heavy atom. The molecule has 2 aromatic rings. The van der Waals surface area contributed by atoms with E-state index >= 15 is 0 Å². The highest BCUT2D eigenvalue weighted by Gasteiger charge is 2.38. The van der Waals surface area contributed by atoms with Gasteiger partial charge in [0.05, 0.1) is 28.2 Å². The second-order valence-electron chi connectivity index (χ2n) is 6.75. The van der Waals surface area contributed by atoms with E-state index in [0.29, 0.717) is 5.02 Å². The third-order valence-corrected chi connectivity index (χ3v) is 5.99. The van der Waals surface area contributed by atoms with Crippen LogP contribution in [0, 0.1) is 6.92 Å². The highest BCUT2D eigenvalue weighted by Crippen LogP contribution is 2.37. The van der Waals surface area contributed by atoms with E-state index in [-0.39, 0.29) is 10.8 Å². The molecule has 2 aromatic heterocycles. The van der Waals surface area contributed by atoms with Gasteiger partial charge in [-0.1, -0.05) is 23.2 Å². The number of halogens is 2. The number of nitrogens with zero attached hydrogens (tertiary/aromatic N) is 4. The molecule has 0 bridgehead atoms. The molecule has 0 aliphatic carbocycles. The van der Waals surface area contributed by atoms with Crippen molar-refractivity contribution in [3.05, 3.63) is 34.3 Å². The lowest BCUT2D eigenvalue weighted by molar-refractivity contribution is -0.0147. The maximum absolute atomic E-state index is 6.27. The average molecular weight is 379 g/mol. The van der Waals surface area contributed by atoms with Crippen molar-refractivity contribution in [1.82, 2.24) is 15.0 Å². The van der Waals surface area contributed by atoms with Crippen LogP contribution >= 0.6 is 23.2 Å². The number of ether oxygens (including phenoxy) is 1. The lowest BCUT2D eigenvalue weighted by Gasteiger charge is -2.39. The van der Waals surface area contributed by atoms with E-state index in [4.69, 9.17) is 32.9 Å². The zero-order valence-corrected chi connectivity index (χ0v) is 15.6. The van der Waals surface area contributed by atoms with Crippen LogP contribution < -0.4 is 4.90 Å². The molecule has 4 heterocycles. The van der Waals surface area contributed by atoms with Crippen LogP contribution in [0.5, 0.6) is 0 Å². The first-order chi connectivity index (χ1) is 12.1. The van der Waals surface area contributed by atoms with Crippen LogP contribution in [-0.4, -0.2) is 40.2 Å². The maximum atomic E-state index is 6.27. The molecule has 25 heavy (non-hydrogen) atoms. The Labute approximate surface area is 157 Å². The molecular formula is C18H20Cl2N4O. The third kappa shape index (κ3) is 3.21. The largest absolute Gasteiger partial charge is 0.375 e. The standard InChI is InChI=1S/C18H20Cl2N4O/c1-12-16(13-3-7-21-17(20)15(13)19)22-11-14(23-12)24-8-5-18(6-9-24)4-2-10-25-18/h3,7,11H,2,4-6,8-10H2,1H3. The average Bonchev–Trinajstić information content (AvgIpc) is 3.06. The van der Waals surface area contributed by atoms with Crippen molar-refractivity contribution >= 4 is 29.0 Å². The SMILES string of the molecule is Cc1nc(N2CCC3(CCCO3)CC2)cnc1-c1ccnc(Cl)c1Cl. The summed E-state index contributed by atoms with van der Waals surface area (Å²) in [5.41, 5.74) is 2.44. The summed E-state index contributed by atoms with van der Waals surface area (Å²) in [6.45, 7) is 4.76. The summed E-state index contributed by atoms with van der Waals surface area (Å²) < 4.78 is 5.99. The van der Waals surface area contributed by atoms with Gasteiger partial charge >= 0.3 is 0 Å². The summed E-state index contributed by atoms with van der Waals surface area (Å²) in [7, 11) is 0. The Hall–Kier alpha value is -1.43. The minimum absolute atomic E-state index is 0.111. The van der Waals surface area contributed by atoms with Crippen molar-refractivity contribution in [2.75, 3.05) is 24.6 Å². The number of aryl methyl sites for hydroxylation is 1. The number of hydrogen-bond donors (Lipinski definition) is 0. The molecule has 0 atom stereocenters. The Bertz CT molecular complexity index is 783. The molecule has 0 amide bonds. The predicted octanol–water partition coefficient (Wildman–Crippen LogP) is 4.30. The molecule has 0 N–H and O–H groups in total. The first-order valence-corrected chi connectivity index (χ1v) is 9.36. The quantitative estimate of drug-likeness (QED) is 0.728. The van der Waals surface area contributed by atoms with Gasteiger partial charge in [0.1, 0.15) is 11.0 Å². The molecule has 2 aliphatic heterocycles. The molecule has 1 spiro atoms. The molecule has 2 aliphatic rings. The highest BCUT2D eigenvalue weighted by atomic mass is 35.5. The Morgan fingerprint density at radius 1 is 1.16 bits per heavy atom. The first-order valence-electron chi connectivity index (χ1n) is 8.61. The van der Waals surface area contributed by atoms with Gasteiger partial charge in [-0.25, -0.2) is 9.97 Å². The summed E-state index contributed by atoms with van der Waals surface area (Å²) in [4.78, 5) is 15.6. The van der Waals surface area contributed by atoms with Crippen LogP contribution in [-0.2, 0) is 4.74 Å². The van der Waals surface area contributed by atoms with Crippen molar-refractivity contribution in [1.29, 1.82) is 0 Å². The number of hydrogen-bond acceptors (Lipinski definition) is 5. The molecule has 7 heteroatoms. The second-order valence-corrected chi connectivity index (χ2v) is 7.48. The van der Waals surface area contributed by atoms with E-state index in [0.717, 1.165) is 55.3 Å². The summed E-state index contributed by atoms with van der Waals surface area (Å²) in [5.74, 6) is 0.908. The molecule has 5 nitrogen and oxygen atoms in total. The van der Waals surface area contributed by atoms with Gasteiger partial charge in [0.25, 0.3) is 0 Å². The molecule has 132 valence electrons. The van der Waals surface area contributed by atoms with Gasteiger partial charge in [-0.3, -0.25) is 4.98 Å². The van der Waals surface area contributed by atoms with Gasteiger partial charge < -0.3 is 9.64 Å². The van der Waals surface area contributed by atoms with E-state index < -0.39 is 0 Å². The van der Waals surface area contributed by atoms with Crippen LogP contribution in [0.1, 0.15) is 31.4 Å². The Balaban J connectivity index is 1.55. The fraction of sp³-hybridized carbons (Fsp3) is 0.500. The fourth-order valence-electron chi connectivity index (χ4n) is 3.78. The molecule has 0 radical (unpaired) electrons. The van der Waals surface area contributed by atoms with Gasteiger partial charge in [-0.15, -0.1) is 0 Å². The minimum atomic E-state index is 0.111. The van der Waals surface area contributed by atoms with E-state index in [9.17, 15) is 0 Å². The Morgan fingerprint density at radius 2 is 1.96 bits per heavy atom. The van der Waals surface area contributed by atoms with Crippen LogP contribution in [0.25, 0.3) is 11.3 Å². The van der Waals surface area contributed by atoms with Crippen LogP contribution in [0.4, 0.5) is 5.82 Å². The lowest BCUT2D eigenvalue weighted by Crippen LogP contribution is -2.44. The summed E-state index contributed by atoms with van der Waals surface area (Å²) in [6.07, 6.45) is 7.93. The van der Waals surface area contributed by atoms with E-state index in [1.54, 1.807) is 6.20 Å². The molecular weight excluding hydrogens is 359 g/mol. The Kier molecular flexibility index (Phi) is 4.56. The third-order valence-electron chi connectivity index (χ3n) is 5.22. The smallest absolute Gasteiger partial charge is 0.148 e. The van der Waals surface area contributed by atoms with Crippen molar-refractivity contribution in [2.24, 2.45) is 0 Å². The van der Waals surface area contributed by atoms with Gasteiger partial charge in [0.2, 0.25) is 0 Å². The highest BCUT2D eigenvalue weighted by molar-refractivity contribution is 6.42. The number of rotatable bonds is 2. The molecule has 0 aromatic carbocycles. The minimum Gasteiger partial charge on any atom is -0.375 e. The van der Waals surface area contributed by atoms with Crippen molar-refractivity contribution < 1.29 is 4.74 Å². The summed E-state index contributed by atoms with van der Waals surface area (Å²) in [5, 5.41) is 0.690. The van der Waals surface area contributed by atoms with Crippen molar-refractivity contribution in [3.63, 3.8) is 0 Å². The van der Waals surface area contributed by atoms with Crippen LogP contribution in [0.15, 0.2) is 18.5 Å². The topological polar surface area (TPSA) is 51.1 Å². The molecule has 2 saturated heterocycles. The second kappa shape index (κ2) is 6.71. The van der Waals surface area contributed by atoms with Gasteiger partial charge in [-0.2, -0.15) is 0 Å². The van der Waals surface area contributed by atoms with Gasteiger partial charge in [0.15, 0.2) is 0 Å². The van der Waals surface area contributed by atoms with E-state index in [1.165, 1.54) is 12.8 Å². The zero-order valence-electron chi connectivity index (χ0n) is 14.1. The normalized spacial score (nSPS) is 19.6. The monoisotopic (exact) mass is 378 g/mol. The zero-order chi connectivity index (χ0) is 17.4. The predicted molar refractivity (Wildman–Crippen MR) is 99.4 cm³/mol. The van der Waals surface area contributed by atoms with Gasteiger partial charge in [-0.05, 0) is 38.7 Å². The number of pyridine rings is 1. The first kappa shape index (κ1) is 17.0. The van der Waals surface area contributed by atoms with Crippen molar-refractivity contribution in [3.8, 4) is 11.3 Å². The number of piperidine rings is 1. The maximum Gasteiger partial charge on any atom is 0.148 e. The molecule has 4 rings (SSSR count).